The number of aromatic hydroxyl groups is 1. The summed E-state index contributed by atoms with van der Waals surface area (Å²) in [6.45, 7) is 0.232. The average molecular weight is 172 g/mol. The lowest BCUT2D eigenvalue weighted by molar-refractivity contribution is 0.473. The normalized spacial score (nSPS) is 8.31. The molecule has 0 spiro atoms. The van der Waals surface area contributed by atoms with Crippen molar-refractivity contribution in [3.05, 3.63) is 29.3 Å². The maximum Gasteiger partial charge on any atom is 0.131 e. The van der Waals surface area contributed by atoms with Crippen molar-refractivity contribution >= 4 is 0 Å². The minimum absolute atomic E-state index is 0.0694. The van der Waals surface area contributed by atoms with Crippen molar-refractivity contribution in [3.63, 3.8) is 0 Å². The predicted octanol–water partition coefficient (Wildman–Crippen LogP) is 0.574. The largest absolute Gasteiger partial charge is 0.507 e. The summed E-state index contributed by atoms with van der Waals surface area (Å²) in [5.74, 6) is 5.35. The Kier molecular flexibility index (Phi) is 2.92. The Morgan fingerprint density at radius 1 is 1.46 bits per heavy atom. The van der Waals surface area contributed by atoms with E-state index < -0.39 is 0 Å². The average Bonchev–Trinajstić information content (AvgIpc) is 2.17. The summed E-state index contributed by atoms with van der Waals surface area (Å²) in [5, 5.41) is 17.9. The van der Waals surface area contributed by atoms with Crippen LogP contribution in [0, 0.1) is 23.2 Å². The fourth-order valence-corrected chi connectivity index (χ4v) is 0.852. The highest BCUT2D eigenvalue weighted by molar-refractivity contribution is 5.50. The lowest BCUT2D eigenvalue weighted by atomic mass is 10.1. The molecule has 0 unspecified atom stereocenters. The topological polar surface area (TPSA) is 70.0 Å². The van der Waals surface area contributed by atoms with E-state index in [2.05, 4.69) is 11.8 Å². The molecule has 0 fully saturated rings. The van der Waals surface area contributed by atoms with Crippen LogP contribution in [0.1, 0.15) is 11.1 Å². The predicted molar refractivity (Wildman–Crippen MR) is 48.8 cm³/mol. The van der Waals surface area contributed by atoms with Crippen LogP contribution < -0.4 is 5.73 Å². The van der Waals surface area contributed by atoms with E-state index in [4.69, 9.17) is 11.0 Å². The third kappa shape index (κ3) is 2.23. The Bertz CT molecular complexity index is 407. The summed E-state index contributed by atoms with van der Waals surface area (Å²) in [6, 6.07) is 6.46. The van der Waals surface area contributed by atoms with Crippen LogP contribution >= 0.6 is 0 Å². The molecule has 0 aliphatic carbocycles. The fraction of sp³-hybridized carbons (Fsp3) is 0.100. The van der Waals surface area contributed by atoms with Gasteiger partial charge in [-0.05, 0) is 18.2 Å². The van der Waals surface area contributed by atoms with Gasteiger partial charge in [-0.2, -0.15) is 5.26 Å². The van der Waals surface area contributed by atoms with Crippen LogP contribution in [-0.4, -0.2) is 11.7 Å². The first-order valence-corrected chi connectivity index (χ1v) is 3.70. The Morgan fingerprint density at radius 3 is 2.85 bits per heavy atom. The van der Waals surface area contributed by atoms with E-state index in [1.807, 2.05) is 6.07 Å². The third-order valence-corrected chi connectivity index (χ3v) is 1.45. The molecule has 0 amide bonds. The number of nitriles is 1. The monoisotopic (exact) mass is 172 g/mol. The maximum absolute atomic E-state index is 9.30. The minimum Gasteiger partial charge on any atom is -0.507 e. The lowest BCUT2D eigenvalue weighted by Gasteiger charge is -1.95. The summed E-state index contributed by atoms with van der Waals surface area (Å²) in [5.41, 5.74) is 6.08. The molecule has 0 aromatic heterocycles. The Balaban J connectivity index is 3.13. The number of rotatable bonds is 0. The zero-order valence-corrected chi connectivity index (χ0v) is 6.91. The second kappa shape index (κ2) is 4.15. The smallest absolute Gasteiger partial charge is 0.131 e. The Labute approximate surface area is 76.4 Å². The highest BCUT2D eigenvalue weighted by Gasteiger charge is 1.98. The molecule has 3 N–H and O–H groups in total. The van der Waals surface area contributed by atoms with Gasteiger partial charge in [-0.1, -0.05) is 11.8 Å². The molecule has 1 aromatic rings. The summed E-state index contributed by atoms with van der Waals surface area (Å²) in [4.78, 5) is 0. The van der Waals surface area contributed by atoms with Gasteiger partial charge in [-0.25, -0.2) is 0 Å². The molecule has 64 valence electrons. The van der Waals surface area contributed by atoms with Crippen molar-refractivity contribution in [2.24, 2.45) is 5.73 Å². The van der Waals surface area contributed by atoms with E-state index in [9.17, 15) is 5.11 Å². The molecule has 0 saturated heterocycles. The third-order valence-electron chi connectivity index (χ3n) is 1.45. The molecule has 0 saturated carbocycles. The number of nitrogens with two attached hydrogens (primary N) is 1. The summed E-state index contributed by atoms with van der Waals surface area (Å²) < 4.78 is 0. The van der Waals surface area contributed by atoms with Gasteiger partial charge >= 0.3 is 0 Å². The second-order valence-electron chi connectivity index (χ2n) is 2.35. The molecule has 0 aliphatic rings. The molecule has 0 aliphatic heterocycles. The summed E-state index contributed by atoms with van der Waals surface area (Å²) in [7, 11) is 0. The van der Waals surface area contributed by atoms with Crippen molar-refractivity contribution in [3.8, 4) is 23.7 Å². The minimum atomic E-state index is 0.0694. The first-order chi connectivity index (χ1) is 6.27. The number of phenolic OH excluding ortho intramolecular Hbond substituents is 1. The highest BCUT2D eigenvalue weighted by atomic mass is 16.3. The Morgan fingerprint density at radius 2 is 2.23 bits per heavy atom. The zero-order chi connectivity index (χ0) is 9.68. The summed E-state index contributed by atoms with van der Waals surface area (Å²) in [6.07, 6.45) is 0. The van der Waals surface area contributed by atoms with Gasteiger partial charge in [-0.3, -0.25) is 0 Å². The van der Waals surface area contributed by atoms with Crippen LogP contribution in [0.15, 0.2) is 18.2 Å². The van der Waals surface area contributed by atoms with Gasteiger partial charge < -0.3 is 10.8 Å². The first kappa shape index (κ1) is 9.12. The summed E-state index contributed by atoms with van der Waals surface area (Å²) >= 11 is 0. The number of nitrogens with zero attached hydrogens (tertiary/aromatic N) is 1. The molecule has 3 nitrogen and oxygen atoms in total. The van der Waals surface area contributed by atoms with Crippen LogP contribution in [0.2, 0.25) is 0 Å². The quantitative estimate of drug-likeness (QED) is 0.562. The fourth-order valence-electron chi connectivity index (χ4n) is 0.852. The molecule has 1 aromatic carbocycles. The van der Waals surface area contributed by atoms with Crippen LogP contribution in [0.4, 0.5) is 0 Å². The molecule has 0 bridgehead atoms. The van der Waals surface area contributed by atoms with Crippen LogP contribution in [0.5, 0.6) is 5.75 Å². The zero-order valence-electron chi connectivity index (χ0n) is 6.91. The van der Waals surface area contributed by atoms with Crippen molar-refractivity contribution in [2.75, 3.05) is 6.54 Å². The number of benzene rings is 1. The van der Waals surface area contributed by atoms with Gasteiger partial charge in [0.25, 0.3) is 0 Å². The Hall–Kier alpha value is -1.97. The van der Waals surface area contributed by atoms with Gasteiger partial charge in [0, 0.05) is 0 Å². The molecular formula is C10H8N2O. The first-order valence-electron chi connectivity index (χ1n) is 3.70. The molecule has 0 radical (unpaired) electrons. The van der Waals surface area contributed by atoms with E-state index >= 15 is 0 Å². The maximum atomic E-state index is 9.30. The number of hydrogen-bond acceptors (Lipinski definition) is 3. The van der Waals surface area contributed by atoms with Crippen molar-refractivity contribution in [1.82, 2.24) is 0 Å². The van der Waals surface area contributed by atoms with E-state index in [1.54, 1.807) is 0 Å². The van der Waals surface area contributed by atoms with E-state index in [0.717, 1.165) is 0 Å². The molecule has 0 atom stereocenters. The van der Waals surface area contributed by atoms with Crippen molar-refractivity contribution in [2.45, 2.75) is 0 Å². The van der Waals surface area contributed by atoms with Gasteiger partial charge in [-0.15, -0.1) is 0 Å². The molecule has 1 rings (SSSR count). The van der Waals surface area contributed by atoms with Crippen LogP contribution in [0.25, 0.3) is 0 Å². The van der Waals surface area contributed by atoms with Gasteiger partial charge in [0.05, 0.1) is 23.7 Å². The second-order valence-corrected chi connectivity index (χ2v) is 2.35. The molecule has 13 heavy (non-hydrogen) atoms. The van der Waals surface area contributed by atoms with E-state index in [1.165, 1.54) is 18.2 Å². The van der Waals surface area contributed by atoms with E-state index in [0.29, 0.717) is 11.1 Å². The van der Waals surface area contributed by atoms with Crippen molar-refractivity contribution < 1.29 is 5.11 Å². The number of hydrogen-bond donors (Lipinski definition) is 2. The van der Waals surface area contributed by atoms with Crippen LogP contribution in [-0.2, 0) is 0 Å². The van der Waals surface area contributed by atoms with E-state index in [-0.39, 0.29) is 12.3 Å². The molecular weight excluding hydrogens is 164 g/mol. The van der Waals surface area contributed by atoms with Gasteiger partial charge in [0.2, 0.25) is 0 Å². The van der Waals surface area contributed by atoms with Crippen molar-refractivity contribution in [1.29, 1.82) is 5.26 Å². The van der Waals surface area contributed by atoms with Gasteiger partial charge in [0.1, 0.15) is 5.75 Å². The molecule has 0 heterocycles. The molecule has 3 heteroatoms. The highest BCUT2D eigenvalue weighted by Crippen LogP contribution is 2.16. The standard InChI is InChI=1S/C10H8N2O/c11-5-1-2-9-6-8(7-12)3-4-10(9)13/h3-4,6,13H,5,11H2. The SMILES string of the molecule is N#Cc1ccc(O)c(C#CCN)c1. The number of phenols is 1. The van der Waals surface area contributed by atoms with Crippen LogP contribution in [0.3, 0.4) is 0 Å². The lowest BCUT2D eigenvalue weighted by Crippen LogP contribution is -1.93. The van der Waals surface area contributed by atoms with Gasteiger partial charge in [0.15, 0.2) is 0 Å².